The van der Waals surface area contributed by atoms with E-state index in [1.165, 1.54) is 12.1 Å². The molecule has 2 rings (SSSR count). The lowest BCUT2D eigenvalue weighted by Crippen LogP contribution is -2.44. The van der Waals surface area contributed by atoms with Crippen molar-refractivity contribution in [2.45, 2.75) is 26.3 Å². The van der Waals surface area contributed by atoms with Gasteiger partial charge < -0.3 is 15.4 Å². The number of hydrogen-bond acceptors (Lipinski definition) is 4. The van der Waals surface area contributed by atoms with Gasteiger partial charge in [0, 0.05) is 29.2 Å². The number of aliphatic carboxylic acids is 1. The number of H-pyrrole nitrogens is 1. The van der Waals surface area contributed by atoms with Gasteiger partial charge in [0.05, 0.1) is 11.3 Å². The summed E-state index contributed by atoms with van der Waals surface area (Å²) in [4.78, 5) is 36.5. The van der Waals surface area contributed by atoms with Gasteiger partial charge in [0.15, 0.2) is 0 Å². The van der Waals surface area contributed by atoms with Crippen molar-refractivity contribution in [2.75, 3.05) is 0 Å². The number of rotatable bonds is 6. The molecule has 0 fully saturated rings. The topological polar surface area (TPSA) is 125 Å². The fourth-order valence-corrected chi connectivity index (χ4v) is 2.34. The number of carboxylic acid groups (broad SMARTS) is 1. The summed E-state index contributed by atoms with van der Waals surface area (Å²) in [6.07, 6.45) is 1.54. The standard InChI is InChI=1S/C15H17N3O5/c1-8(2)14(15(20)21)17-13(19)5-9-7-16-12-4-3-10(18(22)23)6-11(9)12/h3-4,6-8,14,16H,5H2,1-2H3,(H,17,19)(H,20,21). The minimum atomic E-state index is -1.09. The minimum absolute atomic E-state index is 0.0579. The zero-order chi connectivity index (χ0) is 17.1. The number of aromatic nitrogens is 1. The van der Waals surface area contributed by atoms with Gasteiger partial charge in [0.1, 0.15) is 6.04 Å². The van der Waals surface area contributed by atoms with E-state index in [4.69, 9.17) is 5.11 Å². The Balaban J connectivity index is 2.21. The normalized spacial score (nSPS) is 12.3. The smallest absolute Gasteiger partial charge is 0.326 e. The van der Waals surface area contributed by atoms with Crippen LogP contribution < -0.4 is 5.32 Å². The largest absolute Gasteiger partial charge is 0.480 e. The molecule has 1 amide bonds. The molecule has 1 aromatic heterocycles. The highest BCUT2D eigenvalue weighted by Gasteiger charge is 2.23. The number of benzene rings is 1. The second-order valence-electron chi connectivity index (χ2n) is 5.61. The summed E-state index contributed by atoms with van der Waals surface area (Å²) in [7, 11) is 0. The Labute approximate surface area is 131 Å². The van der Waals surface area contributed by atoms with Crippen molar-refractivity contribution in [3.8, 4) is 0 Å². The quantitative estimate of drug-likeness (QED) is 0.553. The van der Waals surface area contributed by atoms with Crippen LogP contribution in [0.4, 0.5) is 5.69 Å². The van der Waals surface area contributed by atoms with Gasteiger partial charge >= 0.3 is 5.97 Å². The van der Waals surface area contributed by atoms with E-state index >= 15 is 0 Å². The molecule has 1 heterocycles. The van der Waals surface area contributed by atoms with E-state index in [9.17, 15) is 19.7 Å². The van der Waals surface area contributed by atoms with E-state index in [1.54, 1.807) is 26.1 Å². The third-order valence-electron chi connectivity index (χ3n) is 3.56. The van der Waals surface area contributed by atoms with Gasteiger partial charge in [0.25, 0.3) is 5.69 Å². The Morgan fingerprint density at radius 1 is 1.39 bits per heavy atom. The number of nitro groups is 1. The van der Waals surface area contributed by atoms with Gasteiger partial charge in [-0.1, -0.05) is 13.8 Å². The third-order valence-corrected chi connectivity index (χ3v) is 3.56. The van der Waals surface area contributed by atoms with Crippen LogP contribution in [0.2, 0.25) is 0 Å². The van der Waals surface area contributed by atoms with Crippen molar-refractivity contribution in [3.63, 3.8) is 0 Å². The third kappa shape index (κ3) is 3.65. The van der Waals surface area contributed by atoms with E-state index in [-0.39, 0.29) is 18.0 Å². The number of carbonyl (C=O) groups excluding carboxylic acids is 1. The van der Waals surface area contributed by atoms with Gasteiger partial charge in [-0.05, 0) is 17.5 Å². The van der Waals surface area contributed by atoms with Gasteiger partial charge in [-0.3, -0.25) is 14.9 Å². The highest BCUT2D eigenvalue weighted by atomic mass is 16.6. The number of aromatic amines is 1. The molecule has 0 aliphatic carbocycles. The van der Waals surface area contributed by atoms with Gasteiger partial charge in [-0.15, -0.1) is 0 Å². The van der Waals surface area contributed by atoms with Crippen molar-refractivity contribution < 1.29 is 19.6 Å². The number of nitrogens with zero attached hydrogens (tertiary/aromatic N) is 1. The van der Waals surface area contributed by atoms with Crippen LogP contribution in [-0.2, 0) is 16.0 Å². The van der Waals surface area contributed by atoms with Crippen LogP contribution in [0.3, 0.4) is 0 Å². The highest BCUT2D eigenvalue weighted by Crippen LogP contribution is 2.24. The summed E-state index contributed by atoms with van der Waals surface area (Å²) >= 11 is 0. The Morgan fingerprint density at radius 3 is 2.65 bits per heavy atom. The monoisotopic (exact) mass is 319 g/mol. The molecule has 1 aromatic carbocycles. The molecular formula is C15H17N3O5. The molecule has 23 heavy (non-hydrogen) atoms. The second-order valence-corrected chi connectivity index (χ2v) is 5.61. The molecule has 0 aliphatic heterocycles. The molecule has 0 radical (unpaired) electrons. The number of non-ortho nitro benzene ring substituents is 1. The summed E-state index contributed by atoms with van der Waals surface area (Å²) in [5, 5.41) is 23.0. The number of carboxylic acids is 1. The summed E-state index contributed by atoms with van der Waals surface area (Å²) < 4.78 is 0. The Bertz CT molecular complexity index is 766. The van der Waals surface area contributed by atoms with Crippen LogP contribution in [0.1, 0.15) is 19.4 Å². The molecule has 122 valence electrons. The predicted octanol–water partition coefficient (Wildman–Crippen LogP) is 1.84. The average Bonchev–Trinajstić information content (AvgIpc) is 2.86. The van der Waals surface area contributed by atoms with E-state index in [1.807, 2.05) is 0 Å². The van der Waals surface area contributed by atoms with Crippen LogP contribution in [0.5, 0.6) is 0 Å². The molecule has 0 saturated heterocycles. The number of nitro benzene ring substituents is 1. The van der Waals surface area contributed by atoms with Gasteiger partial charge in [-0.25, -0.2) is 4.79 Å². The first-order chi connectivity index (χ1) is 10.8. The predicted molar refractivity (Wildman–Crippen MR) is 83.1 cm³/mol. The number of nitrogens with one attached hydrogen (secondary N) is 2. The summed E-state index contributed by atoms with van der Waals surface area (Å²) in [5.74, 6) is -1.79. The lowest BCUT2D eigenvalue weighted by atomic mass is 10.0. The highest BCUT2D eigenvalue weighted by molar-refractivity contribution is 5.91. The summed E-state index contributed by atoms with van der Waals surface area (Å²) in [5.41, 5.74) is 1.19. The van der Waals surface area contributed by atoms with Crippen LogP contribution in [0.15, 0.2) is 24.4 Å². The fourth-order valence-electron chi connectivity index (χ4n) is 2.34. The van der Waals surface area contributed by atoms with Gasteiger partial charge in [0.2, 0.25) is 5.91 Å². The van der Waals surface area contributed by atoms with E-state index in [0.29, 0.717) is 16.5 Å². The van der Waals surface area contributed by atoms with E-state index < -0.39 is 22.8 Å². The molecule has 0 aliphatic rings. The molecule has 8 heteroatoms. The van der Waals surface area contributed by atoms with Crippen molar-refractivity contribution in [1.82, 2.24) is 10.3 Å². The lowest BCUT2D eigenvalue weighted by Gasteiger charge is -2.17. The molecule has 1 unspecified atom stereocenters. The van der Waals surface area contributed by atoms with Crippen molar-refractivity contribution in [1.29, 1.82) is 0 Å². The first-order valence-corrected chi connectivity index (χ1v) is 7.06. The molecule has 0 bridgehead atoms. The molecule has 1 atom stereocenters. The maximum Gasteiger partial charge on any atom is 0.326 e. The van der Waals surface area contributed by atoms with Crippen molar-refractivity contribution in [2.24, 2.45) is 5.92 Å². The Kier molecular flexibility index (Phi) is 4.63. The average molecular weight is 319 g/mol. The molecule has 0 spiro atoms. The molecule has 0 saturated carbocycles. The van der Waals surface area contributed by atoms with Crippen molar-refractivity contribution in [3.05, 3.63) is 40.1 Å². The summed E-state index contributed by atoms with van der Waals surface area (Å²) in [6.45, 7) is 3.40. The van der Waals surface area contributed by atoms with E-state index in [0.717, 1.165) is 0 Å². The zero-order valence-electron chi connectivity index (χ0n) is 12.7. The number of fused-ring (bicyclic) bond motifs is 1. The number of amides is 1. The van der Waals surface area contributed by atoms with Crippen LogP contribution in [0.25, 0.3) is 10.9 Å². The van der Waals surface area contributed by atoms with Crippen LogP contribution >= 0.6 is 0 Å². The Hall–Kier alpha value is -2.90. The number of carbonyl (C=O) groups is 2. The van der Waals surface area contributed by atoms with Crippen molar-refractivity contribution >= 4 is 28.5 Å². The summed E-state index contributed by atoms with van der Waals surface area (Å²) in [6, 6.07) is 3.37. The molecular weight excluding hydrogens is 302 g/mol. The van der Waals surface area contributed by atoms with E-state index in [2.05, 4.69) is 10.3 Å². The molecule has 3 N–H and O–H groups in total. The molecule has 8 nitrogen and oxygen atoms in total. The number of hydrogen-bond donors (Lipinski definition) is 3. The zero-order valence-corrected chi connectivity index (χ0v) is 12.7. The van der Waals surface area contributed by atoms with Crippen LogP contribution in [-0.4, -0.2) is 32.9 Å². The van der Waals surface area contributed by atoms with Crippen LogP contribution in [0, 0.1) is 16.0 Å². The SMILES string of the molecule is CC(C)C(NC(=O)Cc1c[nH]c2ccc([N+](=O)[O-])cc12)C(=O)O. The minimum Gasteiger partial charge on any atom is -0.480 e. The Morgan fingerprint density at radius 2 is 2.09 bits per heavy atom. The fraction of sp³-hybridized carbons (Fsp3) is 0.333. The first-order valence-electron chi connectivity index (χ1n) is 7.06. The lowest BCUT2D eigenvalue weighted by molar-refractivity contribution is -0.384. The first kappa shape index (κ1) is 16.5. The second kappa shape index (κ2) is 6.47. The maximum absolute atomic E-state index is 12.1. The maximum atomic E-state index is 12.1. The molecule has 2 aromatic rings. The van der Waals surface area contributed by atoms with Gasteiger partial charge in [-0.2, -0.15) is 0 Å².